The zero-order valence-corrected chi connectivity index (χ0v) is 13.0. The van der Waals surface area contributed by atoms with Crippen LogP contribution in [0.25, 0.3) is 0 Å². The van der Waals surface area contributed by atoms with Gasteiger partial charge in [-0.15, -0.1) is 0 Å². The number of halogens is 1. The average molecular weight is 334 g/mol. The molecule has 1 N–H and O–H groups in total. The molecule has 0 saturated carbocycles. The summed E-state index contributed by atoms with van der Waals surface area (Å²) in [6.07, 6.45) is 0. The summed E-state index contributed by atoms with van der Waals surface area (Å²) in [6.45, 7) is 0. The van der Waals surface area contributed by atoms with Crippen molar-refractivity contribution in [3.63, 3.8) is 0 Å². The fourth-order valence-electron chi connectivity index (χ4n) is 1.95. The first kappa shape index (κ1) is 16.4. The molecule has 23 heavy (non-hydrogen) atoms. The van der Waals surface area contributed by atoms with Gasteiger partial charge in [-0.05, 0) is 12.1 Å². The Morgan fingerprint density at radius 2 is 1.87 bits per heavy atom. The van der Waals surface area contributed by atoms with Crippen molar-refractivity contribution in [1.29, 1.82) is 5.26 Å². The number of nitro benzene ring substituents is 1. The van der Waals surface area contributed by atoms with Crippen LogP contribution in [-0.4, -0.2) is 19.1 Å². The standard InChI is InChI=1S/C15H12ClN3O4/c1-22-14-7-15(23-2)13(6-11(14)16)18-12-4-3-10(19(20)21)5-9(12)8-17/h3-7,18H,1-2H3. The molecule has 0 bridgehead atoms. The maximum Gasteiger partial charge on any atom is 0.270 e. The van der Waals surface area contributed by atoms with Crippen molar-refractivity contribution in [2.24, 2.45) is 0 Å². The molecule has 0 heterocycles. The Balaban J connectivity index is 2.45. The Kier molecular flexibility index (Phi) is 4.88. The van der Waals surface area contributed by atoms with Gasteiger partial charge in [0.2, 0.25) is 0 Å². The summed E-state index contributed by atoms with van der Waals surface area (Å²) in [5.74, 6) is 0.895. The topological polar surface area (TPSA) is 97.4 Å². The highest BCUT2D eigenvalue weighted by Crippen LogP contribution is 2.38. The van der Waals surface area contributed by atoms with Crippen molar-refractivity contribution >= 4 is 28.7 Å². The molecule has 0 fully saturated rings. The Labute approximate surface area is 137 Å². The van der Waals surface area contributed by atoms with Gasteiger partial charge in [-0.1, -0.05) is 11.6 Å². The van der Waals surface area contributed by atoms with E-state index >= 15 is 0 Å². The summed E-state index contributed by atoms with van der Waals surface area (Å²) >= 11 is 6.09. The molecule has 0 aliphatic rings. The third-order valence-electron chi connectivity index (χ3n) is 3.08. The van der Waals surface area contributed by atoms with Gasteiger partial charge in [0.15, 0.2) is 0 Å². The monoisotopic (exact) mass is 333 g/mol. The maximum absolute atomic E-state index is 10.8. The number of ether oxygens (including phenoxy) is 2. The number of nitrogens with one attached hydrogen (secondary N) is 1. The molecule has 8 heteroatoms. The van der Waals surface area contributed by atoms with Crippen molar-refractivity contribution in [3.8, 4) is 17.6 Å². The number of nitrogens with zero attached hydrogens (tertiary/aromatic N) is 2. The molecule has 2 rings (SSSR count). The zero-order valence-electron chi connectivity index (χ0n) is 12.3. The SMILES string of the molecule is COc1cc(OC)c(Nc2ccc([N+](=O)[O-])cc2C#N)cc1Cl. The highest BCUT2D eigenvalue weighted by atomic mass is 35.5. The second kappa shape index (κ2) is 6.85. The Bertz CT molecular complexity index is 802. The molecule has 0 unspecified atom stereocenters. The third kappa shape index (κ3) is 3.44. The van der Waals surface area contributed by atoms with Crippen LogP contribution in [0.2, 0.25) is 5.02 Å². The molecular weight excluding hydrogens is 322 g/mol. The van der Waals surface area contributed by atoms with Crippen molar-refractivity contribution in [2.75, 3.05) is 19.5 Å². The Hall–Kier alpha value is -2.98. The number of methoxy groups -OCH3 is 2. The average Bonchev–Trinajstić information content (AvgIpc) is 2.55. The largest absolute Gasteiger partial charge is 0.495 e. The Morgan fingerprint density at radius 3 is 2.43 bits per heavy atom. The van der Waals surface area contributed by atoms with Gasteiger partial charge in [0, 0.05) is 18.2 Å². The summed E-state index contributed by atoms with van der Waals surface area (Å²) in [6, 6.07) is 9.06. The van der Waals surface area contributed by atoms with E-state index in [-0.39, 0.29) is 11.3 Å². The number of nitriles is 1. The lowest BCUT2D eigenvalue weighted by Gasteiger charge is -2.14. The summed E-state index contributed by atoms with van der Waals surface area (Å²) in [5, 5.41) is 23.3. The molecule has 0 aliphatic carbocycles. The fraction of sp³-hybridized carbons (Fsp3) is 0.133. The van der Waals surface area contributed by atoms with Gasteiger partial charge < -0.3 is 14.8 Å². The van der Waals surface area contributed by atoms with Crippen LogP contribution in [0.5, 0.6) is 11.5 Å². The lowest BCUT2D eigenvalue weighted by atomic mass is 10.1. The van der Waals surface area contributed by atoms with Gasteiger partial charge in [-0.3, -0.25) is 10.1 Å². The van der Waals surface area contributed by atoms with E-state index < -0.39 is 4.92 Å². The Morgan fingerprint density at radius 1 is 1.17 bits per heavy atom. The van der Waals surface area contributed by atoms with Crippen LogP contribution in [0.15, 0.2) is 30.3 Å². The van der Waals surface area contributed by atoms with E-state index in [9.17, 15) is 15.4 Å². The van der Waals surface area contributed by atoms with Gasteiger partial charge >= 0.3 is 0 Å². The number of benzene rings is 2. The summed E-state index contributed by atoms with van der Waals surface area (Å²) in [7, 11) is 2.97. The molecule has 0 aromatic heterocycles. The zero-order chi connectivity index (χ0) is 17.0. The van der Waals surface area contributed by atoms with Crippen LogP contribution in [0.4, 0.5) is 17.1 Å². The first-order valence-electron chi connectivity index (χ1n) is 6.37. The second-order valence-electron chi connectivity index (χ2n) is 4.41. The number of hydrogen-bond acceptors (Lipinski definition) is 6. The van der Waals surface area contributed by atoms with Crippen LogP contribution in [0.1, 0.15) is 5.56 Å². The van der Waals surface area contributed by atoms with E-state index in [4.69, 9.17) is 21.1 Å². The quantitative estimate of drug-likeness (QED) is 0.658. The predicted octanol–water partition coefficient (Wildman–Crippen LogP) is 3.88. The smallest absolute Gasteiger partial charge is 0.270 e. The summed E-state index contributed by atoms with van der Waals surface area (Å²) < 4.78 is 10.4. The van der Waals surface area contributed by atoms with Crippen molar-refractivity contribution in [3.05, 3.63) is 51.0 Å². The first-order valence-corrected chi connectivity index (χ1v) is 6.75. The number of hydrogen-bond donors (Lipinski definition) is 1. The van der Waals surface area contributed by atoms with E-state index in [1.165, 1.54) is 32.4 Å². The first-order chi connectivity index (χ1) is 11.0. The van der Waals surface area contributed by atoms with Gasteiger partial charge in [-0.2, -0.15) is 5.26 Å². The van der Waals surface area contributed by atoms with Crippen LogP contribution < -0.4 is 14.8 Å². The summed E-state index contributed by atoms with van der Waals surface area (Å²) in [5.41, 5.74) is 0.876. The molecule has 0 amide bonds. The van der Waals surface area contributed by atoms with Crippen molar-refractivity contribution < 1.29 is 14.4 Å². The molecule has 0 spiro atoms. The molecule has 0 saturated heterocycles. The second-order valence-corrected chi connectivity index (χ2v) is 4.82. The molecule has 7 nitrogen and oxygen atoms in total. The van der Waals surface area contributed by atoms with Gasteiger partial charge in [0.25, 0.3) is 5.69 Å². The van der Waals surface area contributed by atoms with Crippen molar-refractivity contribution in [1.82, 2.24) is 0 Å². The summed E-state index contributed by atoms with van der Waals surface area (Å²) in [4.78, 5) is 10.2. The number of nitro groups is 1. The molecular formula is C15H12ClN3O4. The van der Waals surface area contributed by atoms with Crippen LogP contribution in [0.3, 0.4) is 0 Å². The van der Waals surface area contributed by atoms with E-state index in [2.05, 4.69) is 5.32 Å². The van der Waals surface area contributed by atoms with Gasteiger partial charge in [0.1, 0.15) is 17.6 Å². The minimum absolute atomic E-state index is 0.133. The van der Waals surface area contributed by atoms with Gasteiger partial charge in [0.05, 0.1) is 41.1 Å². The molecule has 118 valence electrons. The lowest BCUT2D eigenvalue weighted by Crippen LogP contribution is -1.99. The fourth-order valence-corrected chi connectivity index (χ4v) is 2.19. The number of non-ortho nitro benzene ring substituents is 1. The number of rotatable bonds is 5. The van der Waals surface area contributed by atoms with E-state index in [1.54, 1.807) is 12.1 Å². The lowest BCUT2D eigenvalue weighted by molar-refractivity contribution is -0.384. The van der Waals surface area contributed by atoms with Gasteiger partial charge in [-0.25, -0.2) is 0 Å². The minimum atomic E-state index is -0.560. The molecule has 0 atom stereocenters. The molecule has 2 aromatic rings. The number of anilines is 2. The van der Waals surface area contributed by atoms with Crippen LogP contribution >= 0.6 is 11.6 Å². The minimum Gasteiger partial charge on any atom is -0.495 e. The molecule has 0 aliphatic heterocycles. The van der Waals surface area contributed by atoms with Crippen LogP contribution in [0, 0.1) is 21.4 Å². The van der Waals surface area contributed by atoms with E-state index in [1.807, 2.05) is 6.07 Å². The predicted molar refractivity (Wildman–Crippen MR) is 85.7 cm³/mol. The highest BCUT2D eigenvalue weighted by molar-refractivity contribution is 6.32. The third-order valence-corrected chi connectivity index (χ3v) is 3.37. The van der Waals surface area contributed by atoms with Crippen molar-refractivity contribution in [2.45, 2.75) is 0 Å². The van der Waals surface area contributed by atoms with E-state index in [0.717, 1.165) is 0 Å². The maximum atomic E-state index is 10.8. The normalized spacial score (nSPS) is 9.83. The molecule has 2 aromatic carbocycles. The van der Waals surface area contributed by atoms with Crippen LogP contribution in [-0.2, 0) is 0 Å². The van der Waals surface area contributed by atoms with E-state index in [0.29, 0.717) is 27.9 Å². The highest BCUT2D eigenvalue weighted by Gasteiger charge is 2.14. The molecule has 0 radical (unpaired) electrons.